The Kier molecular flexibility index (Phi) is 6.41. The van der Waals surface area contributed by atoms with E-state index in [0.717, 1.165) is 5.56 Å². The van der Waals surface area contributed by atoms with Crippen LogP contribution in [0.1, 0.15) is 48.9 Å². The second-order valence-electron chi connectivity index (χ2n) is 6.94. The molecule has 26 heavy (non-hydrogen) atoms. The topological polar surface area (TPSA) is 53.3 Å². The maximum Gasteiger partial charge on any atom is 0.263 e. The Morgan fingerprint density at radius 3 is 2.54 bits per heavy atom. The summed E-state index contributed by atoms with van der Waals surface area (Å²) in [6, 6.07) is 15.4. The molecule has 4 heteroatoms. The minimum absolute atomic E-state index is 0.0991. The molecule has 2 aromatic carbocycles. The molecule has 2 rings (SSSR count). The number of nitrogens with zero attached hydrogens (tertiary/aromatic N) is 2. The summed E-state index contributed by atoms with van der Waals surface area (Å²) in [5.74, 6) is 1.06. The van der Waals surface area contributed by atoms with Crippen LogP contribution in [0.5, 0.6) is 5.75 Å². The predicted octanol–water partition coefficient (Wildman–Crippen LogP) is 4.42. The van der Waals surface area contributed by atoms with Crippen LogP contribution < -0.4 is 4.74 Å². The minimum Gasteiger partial charge on any atom is -0.481 e. The molecule has 0 saturated carbocycles. The molecule has 0 aromatic heterocycles. The molecular weight excluding hydrogens is 324 g/mol. The Bertz CT molecular complexity index is 821. The summed E-state index contributed by atoms with van der Waals surface area (Å²) < 4.78 is 5.85. The Morgan fingerprint density at radius 2 is 1.92 bits per heavy atom. The standard InChI is InChI=1S/C22H26N2O2/c1-15(2)21-10-9-20(11-16(21)3)26-17(4)22(25)24(5)14-19-8-6-7-18(12-19)13-23/h6-12,15,17H,14H2,1-5H3. The largest absolute Gasteiger partial charge is 0.481 e. The van der Waals surface area contributed by atoms with Gasteiger partial charge in [0.25, 0.3) is 5.91 Å². The van der Waals surface area contributed by atoms with E-state index < -0.39 is 6.10 Å². The van der Waals surface area contributed by atoms with Crippen LogP contribution in [0.25, 0.3) is 0 Å². The molecule has 1 amide bonds. The summed E-state index contributed by atoms with van der Waals surface area (Å²) in [5, 5.41) is 8.98. The summed E-state index contributed by atoms with van der Waals surface area (Å²) >= 11 is 0. The number of carbonyl (C=O) groups excluding carboxylic acids is 1. The highest BCUT2D eigenvalue weighted by atomic mass is 16.5. The number of likely N-dealkylation sites (N-methyl/N-ethyl adjacent to an activating group) is 1. The third-order valence-corrected chi connectivity index (χ3v) is 4.38. The number of aryl methyl sites for hydroxylation is 1. The smallest absolute Gasteiger partial charge is 0.263 e. The molecule has 0 bridgehead atoms. The molecule has 136 valence electrons. The van der Waals surface area contributed by atoms with Crippen LogP contribution in [0.2, 0.25) is 0 Å². The lowest BCUT2D eigenvalue weighted by molar-refractivity contribution is -0.137. The molecule has 0 radical (unpaired) electrons. The van der Waals surface area contributed by atoms with Crippen LogP contribution in [0, 0.1) is 18.3 Å². The van der Waals surface area contributed by atoms with Crippen LogP contribution in [0.15, 0.2) is 42.5 Å². The van der Waals surface area contributed by atoms with Gasteiger partial charge in [0, 0.05) is 13.6 Å². The van der Waals surface area contributed by atoms with Gasteiger partial charge in [0.1, 0.15) is 5.75 Å². The highest BCUT2D eigenvalue weighted by Crippen LogP contribution is 2.24. The number of rotatable bonds is 6. The van der Waals surface area contributed by atoms with E-state index in [0.29, 0.717) is 23.8 Å². The maximum absolute atomic E-state index is 12.6. The zero-order valence-corrected chi connectivity index (χ0v) is 16.1. The SMILES string of the molecule is Cc1cc(OC(C)C(=O)N(C)Cc2cccc(C#N)c2)ccc1C(C)C. The van der Waals surface area contributed by atoms with Gasteiger partial charge in [0.15, 0.2) is 6.10 Å². The third-order valence-electron chi connectivity index (χ3n) is 4.38. The average molecular weight is 350 g/mol. The van der Waals surface area contributed by atoms with E-state index in [9.17, 15) is 4.79 Å². The molecule has 2 aromatic rings. The van der Waals surface area contributed by atoms with Gasteiger partial charge in [-0.25, -0.2) is 0 Å². The second-order valence-corrected chi connectivity index (χ2v) is 6.94. The number of hydrogen-bond acceptors (Lipinski definition) is 3. The normalized spacial score (nSPS) is 11.7. The fourth-order valence-corrected chi connectivity index (χ4v) is 3.03. The first-order valence-electron chi connectivity index (χ1n) is 8.83. The summed E-state index contributed by atoms with van der Waals surface area (Å²) in [6.45, 7) is 8.57. The number of hydrogen-bond donors (Lipinski definition) is 0. The highest BCUT2D eigenvalue weighted by Gasteiger charge is 2.20. The van der Waals surface area contributed by atoms with Crippen LogP contribution in [0.4, 0.5) is 0 Å². The molecule has 0 aliphatic carbocycles. The van der Waals surface area contributed by atoms with Gasteiger partial charge in [-0.2, -0.15) is 5.26 Å². The van der Waals surface area contributed by atoms with Gasteiger partial charge in [0.2, 0.25) is 0 Å². The van der Waals surface area contributed by atoms with Gasteiger partial charge in [-0.15, -0.1) is 0 Å². The van der Waals surface area contributed by atoms with E-state index in [1.165, 1.54) is 11.1 Å². The van der Waals surface area contributed by atoms with Gasteiger partial charge in [0.05, 0.1) is 11.6 Å². The lowest BCUT2D eigenvalue weighted by Gasteiger charge is -2.23. The first-order chi connectivity index (χ1) is 12.3. The van der Waals surface area contributed by atoms with Crippen molar-refractivity contribution in [1.29, 1.82) is 5.26 Å². The third kappa shape index (κ3) is 4.86. The molecule has 1 atom stereocenters. The van der Waals surface area contributed by atoms with Crippen LogP contribution >= 0.6 is 0 Å². The van der Waals surface area contributed by atoms with Gasteiger partial charge in [-0.05, 0) is 60.7 Å². The summed E-state index contributed by atoms with van der Waals surface area (Å²) in [4.78, 5) is 14.2. The van der Waals surface area contributed by atoms with Crippen molar-refractivity contribution in [3.63, 3.8) is 0 Å². The molecule has 1 unspecified atom stereocenters. The molecule has 0 aliphatic heterocycles. The van der Waals surface area contributed by atoms with Crippen molar-refractivity contribution in [2.45, 2.75) is 46.3 Å². The summed E-state index contributed by atoms with van der Waals surface area (Å²) in [6.07, 6.45) is -0.580. The minimum atomic E-state index is -0.580. The molecule has 0 saturated heterocycles. The van der Waals surface area contributed by atoms with Crippen molar-refractivity contribution >= 4 is 5.91 Å². The molecule has 0 spiro atoms. The summed E-state index contributed by atoms with van der Waals surface area (Å²) in [5.41, 5.74) is 3.96. The Morgan fingerprint density at radius 1 is 1.19 bits per heavy atom. The highest BCUT2D eigenvalue weighted by molar-refractivity contribution is 5.80. The van der Waals surface area contributed by atoms with Gasteiger partial charge in [-0.3, -0.25) is 4.79 Å². The maximum atomic E-state index is 12.6. The van der Waals surface area contributed by atoms with Crippen molar-refractivity contribution in [1.82, 2.24) is 4.90 Å². The van der Waals surface area contributed by atoms with E-state index in [2.05, 4.69) is 32.9 Å². The first kappa shape index (κ1) is 19.5. The molecule has 0 heterocycles. The number of ether oxygens (including phenoxy) is 1. The molecule has 0 N–H and O–H groups in total. The Labute approximate surface area is 156 Å². The Hall–Kier alpha value is -2.80. The Balaban J connectivity index is 2.02. The van der Waals surface area contributed by atoms with Crippen molar-refractivity contribution in [3.8, 4) is 11.8 Å². The van der Waals surface area contributed by atoms with Gasteiger partial charge < -0.3 is 9.64 Å². The zero-order valence-electron chi connectivity index (χ0n) is 16.1. The van der Waals surface area contributed by atoms with Crippen molar-refractivity contribution in [2.24, 2.45) is 0 Å². The van der Waals surface area contributed by atoms with E-state index >= 15 is 0 Å². The van der Waals surface area contributed by atoms with Crippen molar-refractivity contribution in [2.75, 3.05) is 7.05 Å². The van der Waals surface area contributed by atoms with E-state index in [4.69, 9.17) is 10.00 Å². The average Bonchev–Trinajstić information content (AvgIpc) is 2.60. The van der Waals surface area contributed by atoms with Crippen molar-refractivity contribution in [3.05, 3.63) is 64.7 Å². The first-order valence-corrected chi connectivity index (χ1v) is 8.83. The number of amides is 1. The molecule has 0 fully saturated rings. The second kappa shape index (κ2) is 8.53. The van der Waals surface area contributed by atoms with Crippen molar-refractivity contribution < 1.29 is 9.53 Å². The molecule has 0 aliphatic rings. The van der Waals surface area contributed by atoms with E-state index in [-0.39, 0.29) is 5.91 Å². The van der Waals surface area contributed by atoms with Gasteiger partial charge >= 0.3 is 0 Å². The molecule has 4 nitrogen and oxygen atoms in total. The van der Waals surface area contributed by atoms with Crippen LogP contribution in [-0.4, -0.2) is 24.0 Å². The van der Waals surface area contributed by atoms with E-state index in [1.54, 1.807) is 31.0 Å². The van der Waals surface area contributed by atoms with Crippen LogP contribution in [0.3, 0.4) is 0 Å². The fourth-order valence-electron chi connectivity index (χ4n) is 3.03. The molecular formula is C22H26N2O2. The van der Waals surface area contributed by atoms with Gasteiger partial charge in [-0.1, -0.05) is 32.0 Å². The number of nitriles is 1. The predicted molar refractivity (Wildman–Crippen MR) is 103 cm³/mol. The fraction of sp³-hybridized carbons (Fsp3) is 0.364. The van der Waals surface area contributed by atoms with E-state index in [1.807, 2.05) is 24.3 Å². The number of benzene rings is 2. The lowest BCUT2D eigenvalue weighted by atomic mass is 9.98. The zero-order chi connectivity index (χ0) is 19.3. The summed E-state index contributed by atoms with van der Waals surface area (Å²) in [7, 11) is 1.74. The quantitative estimate of drug-likeness (QED) is 0.775. The number of carbonyl (C=O) groups is 1. The van der Waals surface area contributed by atoms with Crippen LogP contribution in [-0.2, 0) is 11.3 Å². The lowest BCUT2D eigenvalue weighted by Crippen LogP contribution is -2.37. The monoisotopic (exact) mass is 350 g/mol.